The van der Waals surface area contributed by atoms with Gasteiger partial charge in [0.15, 0.2) is 23.9 Å². The Kier molecular flexibility index (Phi) is 6.04. The molecule has 0 unspecified atom stereocenters. The van der Waals surface area contributed by atoms with Crippen LogP contribution in [-0.2, 0) is 0 Å². The topological polar surface area (TPSA) is 103 Å². The van der Waals surface area contributed by atoms with Crippen LogP contribution in [0, 0.1) is 11.3 Å². The molecule has 35 heavy (non-hydrogen) atoms. The Morgan fingerprint density at radius 3 is 2.74 bits per heavy atom. The third-order valence-electron chi connectivity index (χ3n) is 5.29. The Bertz CT molecular complexity index is 1670. The van der Waals surface area contributed by atoms with Gasteiger partial charge in [-0.2, -0.15) is 15.0 Å². The Morgan fingerprint density at radius 1 is 1.14 bits per heavy atom. The third-order valence-corrected chi connectivity index (χ3v) is 5.97. The Morgan fingerprint density at radius 2 is 1.94 bits per heavy atom. The van der Waals surface area contributed by atoms with Crippen molar-refractivity contribution >= 4 is 44.0 Å². The SMILES string of the molecule is COc1cc(C=Nn2c(-c3cc4ccccc4o3)nc3ccccc3c2=O)c(Br)cc1OCC#N. The van der Waals surface area contributed by atoms with Crippen molar-refractivity contribution in [3.8, 4) is 29.2 Å². The number of aromatic nitrogens is 2. The van der Waals surface area contributed by atoms with Crippen LogP contribution in [0.5, 0.6) is 11.5 Å². The molecule has 2 heterocycles. The third kappa shape index (κ3) is 4.27. The van der Waals surface area contributed by atoms with Gasteiger partial charge in [0, 0.05) is 15.4 Å². The molecular weight excluding hydrogens is 512 g/mol. The molecule has 5 aromatic rings. The zero-order valence-corrected chi connectivity index (χ0v) is 20.0. The fourth-order valence-corrected chi connectivity index (χ4v) is 4.06. The van der Waals surface area contributed by atoms with Gasteiger partial charge in [0.25, 0.3) is 5.56 Å². The van der Waals surface area contributed by atoms with Crippen molar-refractivity contribution in [1.82, 2.24) is 9.66 Å². The van der Waals surface area contributed by atoms with E-state index in [4.69, 9.17) is 19.2 Å². The first-order valence-corrected chi connectivity index (χ1v) is 11.3. The van der Waals surface area contributed by atoms with E-state index in [1.165, 1.54) is 18.0 Å². The minimum absolute atomic E-state index is 0.116. The first-order valence-electron chi connectivity index (χ1n) is 10.5. The lowest BCUT2D eigenvalue weighted by atomic mass is 10.2. The predicted molar refractivity (Wildman–Crippen MR) is 136 cm³/mol. The number of rotatable bonds is 6. The molecule has 0 saturated heterocycles. The van der Waals surface area contributed by atoms with E-state index in [2.05, 4.69) is 26.0 Å². The summed E-state index contributed by atoms with van der Waals surface area (Å²) in [5, 5.41) is 14.6. The number of nitrogens with zero attached hydrogens (tertiary/aromatic N) is 4. The van der Waals surface area contributed by atoms with Gasteiger partial charge in [0.2, 0.25) is 5.82 Å². The zero-order valence-electron chi connectivity index (χ0n) is 18.4. The van der Waals surface area contributed by atoms with Gasteiger partial charge in [0.1, 0.15) is 11.7 Å². The van der Waals surface area contributed by atoms with Crippen molar-refractivity contribution < 1.29 is 13.9 Å². The fourth-order valence-electron chi connectivity index (χ4n) is 3.63. The van der Waals surface area contributed by atoms with Crippen LogP contribution in [0.25, 0.3) is 33.5 Å². The average Bonchev–Trinajstić information content (AvgIpc) is 3.32. The van der Waals surface area contributed by atoms with E-state index >= 15 is 0 Å². The van der Waals surface area contributed by atoms with Crippen LogP contribution in [0.3, 0.4) is 0 Å². The minimum atomic E-state index is -0.334. The van der Waals surface area contributed by atoms with Crippen molar-refractivity contribution in [3.63, 3.8) is 0 Å². The molecule has 0 bridgehead atoms. The van der Waals surface area contributed by atoms with Crippen LogP contribution < -0.4 is 15.0 Å². The van der Waals surface area contributed by atoms with Crippen molar-refractivity contribution in [1.29, 1.82) is 5.26 Å². The highest BCUT2D eigenvalue weighted by Crippen LogP contribution is 2.33. The summed E-state index contributed by atoms with van der Waals surface area (Å²) in [5.74, 6) is 1.53. The van der Waals surface area contributed by atoms with E-state index in [9.17, 15) is 4.79 Å². The number of hydrogen-bond donors (Lipinski definition) is 0. The number of para-hydroxylation sites is 2. The van der Waals surface area contributed by atoms with E-state index in [0.29, 0.717) is 43.8 Å². The van der Waals surface area contributed by atoms with Crippen molar-refractivity contribution in [2.45, 2.75) is 0 Å². The van der Waals surface area contributed by atoms with Gasteiger partial charge in [-0.05, 0) is 52.3 Å². The summed E-state index contributed by atoms with van der Waals surface area (Å²) in [6.45, 7) is -0.116. The Balaban J connectivity index is 1.66. The highest BCUT2D eigenvalue weighted by molar-refractivity contribution is 9.10. The quantitative estimate of drug-likeness (QED) is 0.274. The lowest BCUT2D eigenvalue weighted by molar-refractivity contribution is 0.329. The standard InChI is InChI=1S/C26H17BrN4O4/c1-33-22-13-17(19(27)14-23(22)34-11-10-28)15-29-31-25(24-12-16-6-2-5-9-21(16)35-24)30-20-8-4-3-7-18(20)26(31)32/h2-9,12-15H,11H2,1H3. The fraction of sp³-hybridized carbons (Fsp3) is 0.0769. The van der Waals surface area contributed by atoms with Gasteiger partial charge >= 0.3 is 0 Å². The normalized spacial score (nSPS) is 11.2. The summed E-state index contributed by atoms with van der Waals surface area (Å²) in [5.41, 5.74) is 1.52. The lowest BCUT2D eigenvalue weighted by Gasteiger charge is -2.11. The first-order chi connectivity index (χ1) is 17.1. The predicted octanol–water partition coefficient (Wildman–Crippen LogP) is 5.37. The number of furan rings is 1. The summed E-state index contributed by atoms with van der Waals surface area (Å²) in [4.78, 5) is 18.1. The molecule has 2 aromatic heterocycles. The largest absolute Gasteiger partial charge is 0.493 e. The van der Waals surface area contributed by atoms with Crippen LogP contribution in [-0.4, -0.2) is 29.6 Å². The summed E-state index contributed by atoms with van der Waals surface area (Å²) >= 11 is 3.49. The van der Waals surface area contributed by atoms with Crippen LogP contribution in [0.4, 0.5) is 0 Å². The van der Waals surface area contributed by atoms with Gasteiger partial charge in [-0.1, -0.05) is 30.3 Å². The Hall–Kier alpha value is -4.42. The summed E-state index contributed by atoms with van der Waals surface area (Å²) in [6, 6.07) is 21.8. The molecule has 3 aromatic carbocycles. The molecule has 0 amide bonds. The number of hydrogen-bond acceptors (Lipinski definition) is 7. The molecule has 0 fully saturated rings. The van der Waals surface area contributed by atoms with Crippen molar-refractivity contribution in [2.24, 2.45) is 5.10 Å². The molecule has 0 aliphatic carbocycles. The first kappa shape index (κ1) is 22.4. The second-order valence-electron chi connectivity index (χ2n) is 7.43. The second kappa shape index (κ2) is 9.44. The molecular formula is C26H17BrN4O4. The molecule has 0 radical (unpaired) electrons. The zero-order chi connectivity index (χ0) is 24.4. The van der Waals surface area contributed by atoms with Gasteiger partial charge in [-0.15, -0.1) is 0 Å². The van der Waals surface area contributed by atoms with E-state index in [0.717, 1.165) is 5.39 Å². The molecule has 0 N–H and O–H groups in total. The molecule has 9 heteroatoms. The maximum absolute atomic E-state index is 13.4. The van der Waals surface area contributed by atoms with E-state index in [1.807, 2.05) is 42.5 Å². The van der Waals surface area contributed by atoms with Gasteiger partial charge in [-0.3, -0.25) is 4.79 Å². The van der Waals surface area contributed by atoms with Crippen LogP contribution in [0.1, 0.15) is 5.56 Å². The van der Waals surface area contributed by atoms with Crippen molar-refractivity contribution in [3.05, 3.63) is 87.1 Å². The highest BCUT2D eigenvalue weighted by Gasteiger charge is 2.17. The average molecular weight is 529 g/mol. The minimum Gasteiger partial charge on any atom is -0.493 e. The summed E-state index contributed by atoms with van der Waals surface area (Å²) in [6.07, 6.45) is 1.52. The Labute approximate surface area is 207 Å². The molecule has 172 valence electrons. The van der Waals surface area contributed by atoms with E-state index < -0.39 is 0 Å². The van der Waals surface area contributed by atoms with Gasteiger partial charge in [-0.25, -0.2) is 4.98 Å². The van der Waals surface area contributed by atoms with Crippen LogP contribution >= 0.6 is 15.9 Å². The maximum Gasteiger partial charge on any atom is 0.282 e. The second-order valence-corrected chi connectivity index (χ2v) is 8.29. The van der Waals surface area contributed by atoms with Crippen LogP contribution in [0.15, 0.2) is 85.5 Å². The molecule has 0 atom stereocenters. The molecule has 0 saturated carbocycles. The molecule has 8 nitrogen and oxygen atoms in total. The number of ether oxygens (including phenoxy) is 2. The number of nitriles is 1. The molecule has 0 aliphatic heterocycles. The number of benzene rings is 3. The van der Waals surface area contributed by atoms with Gasteiger partial charge in [0.05, 0.1) is 24.2 Å². The van der Waals surface area contributed by atoms with E-state index in [-0.39, 0.29) is 18.0 Å². The summed E-state index contributed by atoms with van der Waals surface area (Å²) in [7, 11) is 1.50. The van der Waals surface area contributed by atoms with Crippen LogP contribution in [0.2, 0.25) is 0 Å². The smallest absolute Gasteiger partial charge is 0.282 e. The number of methoxy groups -OCH3 is 1. The number of fused-ring (bicyclic) bond motifs is 2. The monoisotopic (exact) mass is 528 g/mol. The van der Waals surface area contributed by atoms with Gasteiger partial charge < -0.3 is 13.9 Å². The highest BCUT2D eigenvalue weighted by atomic mass is 79.9. The van der Waals surface area contributed by atoms with E-state index in [1.54, 1.807) is 30.3 Å². The molecule has 0 aliphatic rings. The van der Waals surface area contributed by atoms with Crippen molar-refractivity contribution in [2.75, 3.05) is 13.7 Å². The molecule has 0 spiro atoms. The maximum atomic E-state index is 13.4. The summed E-state index contributed by atoms with van der Waals surface area (Å²) < 4.78 is 18.7. The molecule has 5 rings (SSSR count). The number of halogens is 1. The lowest BCUT2D eigenvalue weighted by Crippen LogP contribution is -2.20.